The predicted molar refractivity (Wildman–Crippen MR) is 81.2 cm³/mol. The highest BCUT2D eigenvalue weighted by molar-refractivity contribution is 7.16. The molecule has 1 amide bonds. The number of thiophene rings is 1. The summed E-state index contributed by atoms with van der Waals surface area (Å²) in [6, 6.07) is 9.37. The molecule has 0 saturated carbocycles. The number of H-pyrrole nitrogens is 1. The van der Waals surface area contributed by atoms with Crippen molar-refractivity contribution in [3.05, 3.63) is 51.3 Å². The van der Waals surface area contributed by atoms with Crippen LogP contribution in [0.5, 0.6) is 0 Å². The van der Waals surface area contributed by atoms with Crippen LogP contribution in [0.1, 0.15) is 15.2 Å². The van der Waals surface area contributed by atoms with Gasteiger partial charge in [0.15, 0.2) is 0 Å². The number of carbonyl (C=O) groups excluding carboxylic acids is 1. The fourth-order valence-electron chi connectivity index (χ4n) is 2.10. The second-order valence-corrected chi connectivity index (χ2v) is 6.31. The van der Waals surface area contributed by atoms with Crippen molar-refractivity contribution in [2.24, 2.45) is 0 Å². The van der Waals surface area contributed by atoms with Crippen LogP contribution in [-0.2, 0) is 6.54 Å². The van der Waals surface area contributed by atoms with Crippen LogP contribution >= 0.6 is 22.9 Å². The van der Waals surface area contributed by atoms with E-state index in [2.05, 4.69) is 10.2 Å². The van der Waals surface area contributed by atoms with Crippen LogP contribution in [0.15, 0.2) is 36.5 Å². The summed E-state index contributed by atoms with van der Waals surface area (Å²) in [4.78, 5) is 15.3. The first-order valence-corrected chi connectivity index (χ1v) is 7.26. The zero-order chi connectivity index (χ0) is 14.1. The topological polar surface area (TPSA) is 49.0 Å². The molecule has 1 aromatic carbocycles. The van der Waals surface area contributed by atoms with Gasteiger partial charge in [0, 0.05) is 17.3 Å². The van der Waals surface area contributed by atoms with Gasteiger partial charge in [-0.25, -0.2) is 0 Å². The summed E-state index contributed by atoms with van der Waals surface area (Å²) in [7, 11) is 1.78. The standard InChI is InChI=1S/C14H12ClN3OS/c1-18(8-10-5-6-12(15)20-10)14(19)11-4-2-3-9-7-16-17-13(9)11/h2-7H,8H2,1H3,(H,16,17). The highest BCUT2D eigenvalue weighted by atomic mass is 35.5. The molecule has 3 rings (SSSR count). The predicted octanol–water partition coefficient (Wildman–Crippen LogP) is 3.55. The molecule has 0 fully saturated rings. The summed E-state index contributed by atoms with van der Waals surface area (Å²) in [5.41, 5.74) is 1.40. The van der Waals surface area contributed by atoms with E-state index in [0.717, 1.165) is 20.1 Å². The largest absolute Gasteiger partial charge is 0.336 e. The molecular weight excluding hydrogens is 294 g/mol. The summed E-state index contributed by atoms with van der Waals surface area (Å²) < 4.78 is 0.733. The van der Waals surface area contributed by atoms with Gasteiger partial charge in [-0.15, -0.1) is 11.3 Å². The Balaban J connectivity index is 1.86. The lowest BCUT2D eigenvalue weighted by atomic mass is 10.1. The minimum Gasteiger partial charge on any atom is -0.336 e. The summed E-state index contributed by atoms with van der Waals surface area (Å²) in [6.45, 7) is 0.542. The van der Waals surface area contributed by atoms with Crippen molar-refractivity contribution < 1.29 is 4.79 Å². The van der Waals surface area contributed by atoms with Gasteiger partial charge in [0.25, 0.3) is 5.91 Å². The lowest BCUT2D eigenvalue weighted by Gasteiger charge is -2.16. The summed E-state index contributed by atoms with van der Waals surface area (Å²) in [5.74, 6) is -0.0376. The molecule has 0 atom stereocenters. The first kappa shape index (κ1) is 13.1. The van der Waals surface area contributed by atoms with E-state index in [9.17, 15) is 4.79 Å². The number of amides is 1. The minimum atomic E-state index is -0.0376. The molecular formula is C14H12ClN3OS. The Kier molecular flexibility index (Phi) is 3.46. The van der Waals surface area contributed by atoms with Crippen LogP contribution in [0.2, 0.25) is 4.34 Å². The van der Waals surface area contributed by atoms with Gasteiger partial charge < -0.3 is 4.90 Å². The van der Waals surface area contributed by atoms with Crippen LogP contribution in [-0.4, -0.2) is 28.1 Å². The molecule has 3 aromatic rings. The van der Waals surface area contributed by atoms with Gasteiger partial charge in [-0.05, 0) is 18.2 Å². The van der Waals surface area contributed by atoms with E-state index in [-0.39, 0.29) is 5.91 Å². The van der Waals surface area contributed by atoms with Crippen molar-refractivity contribution in [3.8, 4) is 0 Å². The Labute approximate surface area is 125 Å². The highest BCUT2D eigenvalue weighted by Crippen LogP contribution is 2.23. The van der Waals surface area contributed by atoms with E-state index < -0.39 is 0 Å². The number of aromatic nitrogens is 2. The van der Waals surface area contributed by atoms with Gasteiger partial charge >= 0.3 is 0 Å². The quantitative estimate of drug-likeness (QED) is 0.804. The van der Waals surface area contributed by atoms with E-state index >= 15 is 0 Å². The monoisotopic (exact) mass is 305 g/mol. The number of aromatic amines is 1. The van der Waals surface area contributed by atoms with E-state index in [0.29, 0.717) is 12.1 Å². The number of nitrogens with one attached hydrogen (secondary N) is 1. The number of nitrogens with zero attached hydrogens (tertiary/aromatic N) is 2. The van der Waals surface area contributed by atoms with E-state index in [1.165, 1.54) is 11.3 Å². The fourth-order valence-corrected chi connectivity index (χ4v) is 3.24. The Morgan fingerprint density at radius 3 is 3.00 bits per heavy atom. The molecule has 0 aliphatic carbocycles. The zero-order valence-electron chi connectivity index (χ0n) is 10.8. The number of hydrogen-bond donors (Lipinski definition) is 1. The lowest BCUT2D eigenvalue weighted by Crippen LogP contribution is -2.26. The zero-order valence-corrected chi connectivity index (χ0v) is 12.3. The molecule has 0 unspecified atom stereocenters. The smallest absolute Gasteiger partial charge is 0.256 e. The third-order valence-corrected chi connectivity index (χ3v) is 4.29. The second kappa shape index (κ2) is 5.26. The van der Waals surface area contributed by atoms with Crippen LogP contribution < -0.4 is 0 Å². The van der Waals surface area contributed by atoms with Crippen molar-refractivity contribution in [1.82, 2.24) is 15.1 Å². The maximum atomic E-state index is 12.5. The molecule has 0 radical (unpaired) electrons. The second-order valence-electron chi connectivity index (χ2n) is 4.51. The third-order valence-electron chi connectivity index (χ3n) is 3.08. The number of rotatable bonds is 3. The van der Waals surface area contributed by atoms with Gasteiger partial charge in [0.2, 0.25) is 0 Å². The van der Waals surface area contributed by atoms with E-state index in [1.54, 1.807) is 24.2 Å². The number of para-hydroxylation sites is 1. The summed E-state index contributed by atoms with van der Waals surface area (Å²) in [5, 5.41) is 7.79. The van der Waals surface area contributed by atoms with Gasteiger partial charge in [0.05, 0.1) is 28.2 Å². The number of benzene rings is 1. The number of fused-ring (bicyclic) bond motifs is 1. The van der Waals surface area contributed by atoms with Crippen molar-refractivity contribution >= 4 is 39.7 Å². The maximum absolute atomic E-state index is 12.5. The van der Waals surface area contributed by atoms with Crippen LogP contribution in [0.3, 0.4) is 0 Å². The first-order chi connectivity index (χ1) is 9.65. The number of carbonyl (C=O) groups is 1. The van der Waals surface area contributed by atoms with Crippen LogP contribution in [0, 0.1) is 0 Å². The number of hydrogen-bond acceptors (Lipinski definition) is 3. The summed E-state index contributed by atoms with van der Waals surface area (Å²) >= 11 is 7.39. The SMILES string of the molecule is CN(Cc1ccc(Cl)s1)C(=O)c1cccc2cn[nH]c12. The highest BCUT2D eigenvalue weighted by Gasteiger charge is 2.16. The molecule has 0 spiro atoms. The van der Waals surface area contributed by atoms with Crippen LogP contribution in [0.4, 0.5) is 0 Å². The molecule has 0 saturated heterocycles. The first-order valence-electron chi connectivity index (χ1n) is 6.07. The van der Waals surface area contributed by atoms with Gasteiger partial charge in [0.1, 0.15) is 0 Å². The minimum absolute atomic E-state index is 0.0376. The molecule has 20 heavy (non-hydrogen) atoms. The Bertz CT molecular complexity index is 764. The molecule has 1 N–H and O–H groups in total. The van der Waals surface area contributed by atoms with Crippen molar-refractivity contribution in [1.29, 1.82) is 0 Å². The molecule has 0 aliphatic heterocycles. The van der Waals surface area contributed by atoms with Gasteiger partial charge in [-0.3, -0.25) is 9.89 Å². The Hall–Kier alpha value is -1.85. The molecule has 0 bridgehead atoms. The average molecular weight is 306 g/mol. The van der Waals surface area contributed by atoms with Gasteiger partial charge in [-0.1, -0.05) is 23.7 Å². The van der Waals surface area contributed by atoms with Crippen LogP contribution in [0.25, 0.3) is 10.9 Å². The molecule has 102 valence electrons. The summed E-state index contributed by atoms with van der Waals surface area (Å²) in [6.07, 6.45) is 1.71. The van der Waals surface area contributed by atoms with Gasteiger partial charge in [-0.2, -0.15) is 5.10 Å². The molecule has 2 heterocycles. The third kappa shape index (κ3) is 2.42. The van der Waals surface area contributed by atoms with Crippen molar-refractivity contribution in [2.45, 2.75) is 6.54 Å². The molecule has 4 nitrogen and oxygen atoms in total. The van der Waals surface area contributed by atoms with Crippen molar-refractivity contribution in [2.75, 3.05) is 7.05 Å². The molecule has 2 aromatic heterocycles. The fraction of sp³-hybridized carbons (Fsp3) is 0.143. The Morgan fingerprint density at radius 2 is 2.25 bits per heavy atom. The molecule has 6 heteroatoms. The van der Waals surface area contributed by atoms with E-state index in [1.807, 2.05) is 24.3 Å². The maximum Gasteiger partial charge on any atom is 0.256 e. The molecule has 0 aliphatic rings. The van der Waals surface area contributed by atoms with E-state index in [4.69, 9.17) is 11.6 Å². The number of halogens is 1. The normalized spacial score (nSPS) is 10.9. The lowest BCUT2D eigenvalue weighted by molar-refractivity contribution is 0.0788. The average Bonchev–Trinajstić information content (AvgIpc) is 3.06. The Morgan fingerprint density at radius 1 is 1.40 bits per heavy atom. The van der Waals surface area contributed by atoms with Crippen molar-refractivity contribution in [3.63, 3.8) is 0 Å².